The fourth-order valence-corrected chi connectivity index (χ4v) is 6.33. The van der Waals surface area contributed by atoms with Crippen molar-refractivity contribution >= 4 is 32.7 Å². The van der Waals surface area contributed by atoms with Crippen molar-refractivity contribution in [2.45, 2.75) is 0 Å². The lowest BCUT2D eigenvalue weighted by molar-refractivity contribution is 1.30. The summed E-state index contributed by atoms with van der Waals surface area (Å²) in [5.41, 5.74) is 10.5. The van der Waals surface area contributed by atoms with Gasteiger partial charge in [-0.1, -0.05) is 66.7 Å². The summed E-state index contributed by atoms with van der Waals surface area (Å²) in [5, 5.41) is 40.6. The summed E-state index contributed by atoms with van der Waals surface area (Å²) in [6, 6.07) is 48.3. The van der Waals surface area contributed by atoms with Crippen LogP contribution in [0.5, 0.6) is 0 Å². The van der Waals surface area contributed by atoms with E-state index in [2.05, 4.69) is 24.3 Å². The van der Waals surface area contributed by atoms with Crippen molar-refractivity contribution in [2.24, 2.45) is 0 Å². The Balaban J connectivity index is 1.37. The second-order valence-electron chi connectivity index (χ2n) is 11.7. The molecule has 0 N–H and O–H groups in total. The van der Waals surface area contributed by atoms with E-state index in [-0.39, 0.29) is 0 Å². The smallest absolute Gasteiger partial charge is 0.0992 e. The Hall–Kier alpha value is -7.71. The van der Waals surface area contributed by atoms with Gasteiger partial charge in [0.25, 0.3) is 0 Å². The van der Waals surface area contributed by atoms with Crippen molar-refractivity contribution in [3.63, 3.8) is 0 Å². The maximum absolute atomic E-state index is 9.48. The van der Waals surface area contributed by atoms with Crippen LogP contribution in [0.4, 0.5) is 0 Å². The van der Waals surface area contributed by atoms with Gasteiger partial charge >= 0.3 is 0 Å². The molecule has 2 heterocycles. The molecule has 228 valence electrons. The van der Waals surface area contributed by atoms with Crippen LogP contribution in [-0.2, 0) is 0 Å². The highest BCUT2D eigenvalue weighted by atomic mass is 14.8. The number of aromatic nitrogens is 3. The zero-order valence-electron chi connectivity index (χ0n) is 26.3. The highest BCUT2D eigenvalue weighted by Gasteiger charge is 2.19. The first-order chi connectivity index (χ1) is 24.6. The molecule has 50 heavy (non-hydrogen) atoms. The van der Waals surface area contributed by atoms with Crippen LogP contribution < -0.4 is 0 Å². The minimum Gasteiger partial charge on any atom is -0.247 e. The number of nitriles is 4. The normalized spacial score (nSPS) is 10.7. The Morgan fingerprint density at radius 3 is 1.46 bits per heavy atom. The van der Waals surface area contributed by atoms with Gasteiger partial charge in [-0.2, -0.15) is 21.0 Å². The molecule has 0 saturated carbocycles. The molecular weight excluding hydrogens is 615 g/mol. The van der Waals surface area contributed by atoms with E-state index in [1.54, 1.807) is 42.5 Å². The van der Waals surface area contributed by atoms with Gasteiger partial charge in [0.05, 0.1) is 80.2 Å². The minimum atomic E-state index is 0.431. The van der Waals surface area contributed by atoms with E-state index < -0.39 is 0 Å². The Bertz CT molecular complexity index is 2800. The zero-order chi connectivity index (χ0) is 34.2. The van der Waals surface area contributed by atoms with Crippen LogP contribution in [0.15, 0.2) is 127 Å². The Kier molecular flexibility index (Phi) is 7.21. The molecule has 0 spiro atoms. The molecule has 0 amide bonds. The van der Waals surface area contributed by atoms with E-state index in [9.17, 15) is 21.0 Å². The third-order valence-electron chi connectivity index (χ3n) is 8.76. The van der Waals surface area contributed by atoms with Crippen molar-refractivity contribution in [3.8, 4) is 69.2 Å². The largest absolute Gasteiger partial charge is 0.247 e. The van der Waals surface area contributed by atoms with Crippen LogP contribution in [0, 0.1) is 45.3 Å². The summed E-state index contributed by atoms with van der Waals surface area (Å²) in [6.07, 6.45) is 0. The predicted molar refractivity (Wildman–Crippen MR) is 193 cm³/mol. The fraction of sp³-hybridized carbons (Fsp3) is 0. The monoisotopic (exact) mass is 635 g/mol. The molecule has 0 unspecified atom stereocenters. The first kappa shape index (κ1) is 29.7. The SMILES string of the molecule is N#Cc1ccc(-c2nc3ccc4c(-c5ccc(-c6cc(C#N)cc(C#N)c6)cc5)nc5ccccc5c4c3nc2-c2ccc(C#N)cc2)cc1. The van der Waals surface area contributed by atoms with Gasteiger partial charge in [-0.3, -0.25) is 0 Å². The fourth-order valence-electron chi connectivity index (χ4n) is 6.33. The molecule has 0 fully saturated rings. The van der Waals surface area contributed by atoms with E-state index in [0.29, 0.717) is 44.7 Å². The number of fused-ring (bicyclic) bond motifs is 5. The van der Waals surface area contributed by atoms with Crippen molar-refractivity contribution < 1.29 is 0 Å². The van der Waals surface area contributed by atoms with Crippen molar-refractivity contribution in [2.75, 3.05) is 0 Å². The van der Waals surface area contributed by atoms with Crippen LogP contribution in [0.1, 0.15) is 22.3 Å². The molecule has 0 aliphatic rings. The number of rotatable bonds is 4. The van der Waals surface area contributed by atoms with E-state index >= 15 is 0 Å². The van der Waals surface area contributed by atoms with Crippen molar-refractivity contribution in [3.05, 3.63) is 150 Å². The van der Waals surface area contributed by atoms with Gasteiger partial charge in [0.15, 0.2) is 0 Å². The molecule has 0 aliphatic carbocycles. The average Bonchev–Trinajstić information content (AvgIpc) is 3.19. The van der Waals surface area contributed by atoms with Crippen LogP contribution in [-0.4, -0.2) is 15.0 Å². The van der Waals surface area contributed by atoms with Gasteiger partial charge < -0.3 is 0 Å². The Morgan fingerprint density at radius 2 is 0.860 bits per heavy atom. The van der Waals surface area contributed by atoms with E-state index in [4.69, 9.17) is 15.0 Å². The zero-order valence-corrected chi connectivity index (χ0v) is 26.3. The lowest BCUT2D eigenvalue weighted by Gasteiger charge is -2.15. The number of para-hydroxylation sites is 1. The summed E-state index contributed by atoms with van der Waals surface area (Å²) in [5.74, 6) is 0. The summed E-state index contributed by atoms with van der Waals surface area (Å²) < 4.78 is 0. The average molecular weight is 636 g/mol. The Morgan fingerprint density at radius 1 is 0.360 bits per heavy atom. The lowest BCUT2D eigenvalue weighted by Crippen LogP contribution is -1.98. The number of benzene rings is 6. The van der Waals surface area contributed by atoms with Crippen molar-refractivity contribution in [1.29, 1.82) is 21.0 Å². The van der Waals surface area contributed by atoms with Crippen LogP contribution >= 0.6 is 0 Å². The first-order valence-electron chi connectivity index (χ1n) is 15.7. The lowest BCUT2D eigenvalue weighted by atomic mass is 9.95. The molecule has 7 nitrogen and oxygen atoms in total. The maximum atomic E-state index is 9.48. The molecule has 2 aromatic heterocycles. The molecule has 6 aromatic carbocycles. The number of hydrogen-bond donors (Lipinski definition) is 0. The molecule has 8 aromatic rings. The molecule has 0 bridgehead atoms. The highest BCUT2D eigenvalue weighted by molar-refractivity contribution is 6.21. The van der Waals surface area contributed by atoms with Crippen LogP contribution in [0.3, 0.4) is 0 Å². The number of pyridine rings is 1. The number of nitrogens with zero attached hydrogens (tertiary/aromatic N) is 7. The van der Waals surface area contributed by atoms with Crippen LogP contribution in [0.25, 0.3) is 77.6 Å². The van der Waals surface area contributed by atoms with Gasteiger partial charge in [-0.05, 0) is 71.8 Å². The second-order valence-corrected chi connectivity index (χ2v) is 11.7. The molecular formula is C43H21N7. The van der Waals surface area contributed by atoms with Gasteiger partial charge in [0, 0.05) is 32.8 Å². The Labute approximate surface area is 286 Å². The standard InChI is InChI=1S/C43H21N7/c44-22-26-5-9-32(10-6-26)41-42(33-11-7-27(23-45)8-12-33)50-43-38(49-41)18-17-36-39(43)35-3-1-2-4-37(35)48-40(36)31-15-13-30(14-16-31)34-20-28(24-46)19-29(21-34)25-47/h1-21H. The maximum Gasteiger partial charge on any atom is 0.0992 e. The third-order valence-corrected chi connectivity index (χ3v) is 8.76. The molecule has 0 atom stereocenters. The van der Waals surface area contributed by atoms with E-state index in [0.717, 1.165) is 55.2 Å². The second kappa shape index (κ2) is 12.1. The predicted octanol–water partition coefficient (Wildman–Crippen LogP) is 9.49. The summed E-state index contributed by atoms with van der Waals surface area (Å²) >= 11 is 0. The van der Waals surface area contributed by atoms with Crippen molar-refractivity contribution in [1.82, 2.24) is 15.0 Å². The highest BCUT2D eigenvalue weighted by Crippen LogP contribution is 2.39. The topological polar surface area (TPSA) is 134 Å². The summed E-state index contributed by atoms with van der Waals surface area (Å²) in [7, 11) is 0. The summed E-state index contributed by atoms with van der Waals surface area (Å²) in [6.45, 7) is 0. The van der Waals surface area contributed by atoms with E-state index in [1.165, 1.54) is 0 Å². The third kappa shape index (κ3) is 5.11. The van der Waals surface area contributed by atoms with Gasteiger partial charge in [0.1, 0.15) is 0 Å². The molecule has 7 heteroatoms. The molecule has 0 aliphatic heterocycles. The molecule has 0 radical (unpaired) electrons. The van der Waals surface area contributed by atoms with Gasteiger partial charge in [-0.25, -0.2) is 15.0 Å². The molecule has 8 rings (SSSR count). The summed E-state index contributed by atoms with van der Waals surface area (Å²) in [4.78, 5) is 15.6. The van der Waals surface area contributed by atoms with Gasteiger partial charge in [-0.15, -0.1) is 0 Å². The molecule has 0 saturated heterocycles. The van der Waals surface area contributed by atoms with Crippen LogP contribution in [0.2, 0.25) is 0 Å². The van der Waals surface area contributed by atoms with Gasteiger partial charge in [0.2, 0.25) is 0 Å². The number of hydrogen-bond acceptors (Lipinski definition) is 7. The first-order valence-corrected chi connectivity index (χ1v) is 15.7. The minimum absolute atomic E-state index is 0.431. The quantitative estimate of drug-likeness (QED) is 0.176. The van der Waals surface area contributed by atoms with E-state index in [1.807, 2.05) is 84.9 Å².